The summed E-state index contributed by atoms with van der Waals surface area (Å²) in [5.41, 5.74) is -1.13. The lowest BCUT2D eigenvalue weighted by atomic mass is 10.0. The van der Waals surface area contributed by atoms with Crippen LogP contribution >= 0.6 is 0 Å². The molecular formula is C11H16O3. The molecule has 2 N–H and O–H groups in total. The maximum atomic E-state index is 9.47. The molecule has 0 heterocycles. The first kappa shape index (κ1) is 11.0. The molecule has 0 saturated heterocycles. The molecule has 0 amide bonds. The Balaban J connectivity index is 2.42. The van der Waals surface area contributed by atoms with E-state index >= 15 is 0 Å². The number of aliphatic hydroxyl groups is 2. The molecule has 1 rings (SSSR count). The van der Waals surface area contributed by atoms with Crippen molar-refractivity contribution < 1.29 is 14.9 Å². The highest BCUT2D eigenvalue weighted by atomic mass is 16.5. The summed E-state index contributed by atoms with van der Waals surface area (Å²) in [5, 5.41) is 18.9. The minimum atomic E-state index is -1.13. The lowest BCUT2D eigenvalue weighted by molar-refractivity contribution is -0.0661. The molecule has 0 aliphatic carbocycles. The van der Waals surface area contributed by atoms with Crippen LogP contribution in [0.1, 0.15) is 13.8 Å². The highest BCUT2D eigenvalue weighted by Gasteiger charge is 2.24. The molecular weight excluding hydrogens is 180 g/mol. The Bertz CT molecular complexity index is 264. The van der Waals surface area contributed by atoms with Crippen molar-refractivity contribution in [2.45, 2.75) is 25.6 Å². The van der Waals surface area contributed by atoms with Gasteiger partial charge in [-0.25, -0.2) is 0 Å². The van der Waals surface area contributed by atoms with Crippen LogP contribution in [0.4, 0.5) is 0 Å². The number of hydrogen-bond donors (Lipinski definition) is 2. The van der Waals surface area contributed by atoms with Crippen molar-refractivity contribution in [3.05, 3.63) is 30.3 Å². The zero-order valence-corrected chi connectivity index (χ0v) is 8.47. The molecule has 0 bridgehead atoms. The molecule has 0 saturated carbocycles. The van der Waals surface area contributed by atoms with Gasteiger partial charge in [0, 0.05) is 0 Å². The number of rotatable bonds is 4. The van der Waals surface area contributed by atoms with E-state index in [1.807, 2.05) is 18.2 Å². The molecule has 1 aromatic rings. The van der Waals surface area contributed by atoms with Gasteiger partial charge in [0.05, 0.1) is 5.60 Å². The van der Waals surface area contributed by atoms with Gasteiger partial charge in [-0.2, -0.15) is 0 Å². The fraction of sp³-hybridized carbons (Fsp3) is 0.455. The molecule has 0 radical (unpaired) electrons. The van der Waals surface area contributed by atoms with Crippen LogP contribution in [0.2, 0.25) is 0 Å². The van der Waals surface area contributed by atoms with E-state index < -0.39 is 11.7 Å². The van der Waals surface area contributed by atoms with Crippen molar-refractivity contribution in [1.82, 2.24) is 0 Å². The van der Waals surface area contributed by atoms with Crippen LogP contribution in [0.15, 0.2) is 30.3 Å². The van der Waals surface area contributed by atoms with Gasteiger partial charge in [-0.15, -0.1) is 0 Å². The second kappa shape index (κ2) is 4.44. The summed E-state index contributed by atoms with van der Waals surface area (Å²) in [6, 6.07) is 9.20. The molecule has 0 aliphatic heterocycles. The van der Waals surface area contributed by atoms with Crippen LogP contribution in [-0.4, -0.2) is 28.5 Å². The SMILES string of the molecule is CC(C)(O)[C@@H](O)COc1ccccc1. The maximum absolute atomic E-state index is 9.47. The largest absolute Gasteiger partial charge is 0.491 e. The number of para-hydroxylation sites is 1. The van der Waals surface area contributed by atoms with Crippen LogP contribution in [0.25, 0.3) is 0 Å². The quantitative estimate of drug-likeness (QED) is 0.760. The Morgan fingerprint density at radius 2 is 1.86 bits per heavy atom. The summed E-state index contributed by atoms with van der Waals surface area (Å²) in [6.07, 6.45) is -0.886. The van der Waals surface area contributed by atoms with Crippen molar-refractivity contribution in [1.29, 1.82) is 0 Å². The van der Waals surface area contributed by atoms with E-state index in [-0.39, 0.29) is 6.61 Å². The van der Waals surface area contributed by atoms with Crippen molar-refractivity contribution in [2.24, 2.45) is 0 Å². The Morgan fingerprint density at radius 3 is 2.36 bits per heavy atom. The number of ether oxygens (including phenoxy) is 1. The molecule has 0 fully saturated rings. The lowest BCUT2D eigenvalue weighted by Crippen LogP contribution is -2.40. The molecule has 3 heteroatoms. The van der Waals surface area contributed by atoms with Gasteiger partial charge in [0.25, 0.3) is 0 Å². The van der Waals surface area contributed by atoms with Gasteiger partial charge in [-0.3, -0.25) is 0 Å². The van der Waals surface area contributed by atoms with E-state index in [9.17, 15) is 10.2 Å². The number of aliphatic hydroxyl groups excluding tert-OH is 1. The van der Waals surface area contributed by atoms with Crippen LogP contribution < -0.4 is 4.74 Å². The third-order valence-electron chi connectivity index (χ3n) is 1.97. The first-order chi connectivity index (χ1) is 6.50. The maximum Gasteiger partial charge on any atom is 0.119 e. The van der Waals surface area contributed by atoms with Gasteiger partial charge in [-0.1, -0.05) is 18.2 Å². The Labute approximate surface area is 84.0 Å². The van der Waals surface area contributed by atoms with Crippen molar-refractivity contribution in [3.63, 3.8) is 0 Å². The van der Waals surface area contributed by atoms with E-state index in [4.69, 9.17) is 4.74 Å². The predicted molar refractivity (Wildman–Crippen MR) is 54.2 cm³/mol. The van der Waals surface area contributed by atoms with Crippen molar-refractivity contribution in [3.8, 4) is 5.75 Å². The van der Waals surface area contributed by atoms with E-state index in [0.717, 1.165) is 0 Å². The smallest absolute Gasteiger partial charge is 0.119 e. The second-order valence-corrected chi connectivity index (χ2v) is 3.79. The summed E-state index contributed by atoms with van der Waals surface area (Å²) in [4.78, 5) is 0. The van der Waals surface area contributed by atoms with Gasteiger partial charge in [0.2, 0.25) is 0 Å². The summed E-state index contributed by atoms with van der Waals surface area (Å²) in [6.45, 7) is 3.19. The standard InChI is InChI=1S/C11H16O3/c1-11(2,13)10(12)8-14-9-6-4-3-5-7-9/h3-7,10,12-13H,8H2,1-2H3/t10-/m0/s1. The van der Waals surface area contributed by atoms with Crippen LogP contribution in [0.5, 0.6) is 5.75 Å². The minimum absolute atomic E-state index is 0.0908. The van der Waals surface area contributed by atoms with Gasteiger partial charge in [-0.05, 0) is 26.0 Å². The van der Waals surface area contributed by atoms with E-state index in [1.54, 1.807) is 26.0 Å². The lowest BCUT2D eigenvalue weighted by Gasteiger charge is -2.24. The molecule has 78 valence electrons. The summed E-state index contributed by atoms with van der Waals surface area (Å²) in [5.74, 6) is 0.691. The monoisotopic (exact) mass is 196 g/mol. The van der Waals surface area contributed by atoms with Gasteiger partial charge >= 0.3 is 0 Å². The third-order valence-corrected chi connectivity index (χ3v) is 1.97. The average molecular weight is 196 g/mol. The summed E-state index contributed by atoms with van der Waals surface area (Å²) in [7, 11) is 0. The Morgan fingerprint density at radius 1 is 1.29 bits per heavy atom. The van der Waals surface area contributed by atoms with E-state index in [1.165, 1.54) is 0 Å². The fourth-order valence-corrected chi connectivity index (χ4v) is 0.896. The summed E-state index contributed by atoms with van der Waals surface area (Å²) >= 11 is 0. The highest BCUT2D eigenvalue weighted by molar-refractivity contribution is 5.20. The van der Waals surface area contributed by atoms with Crippen LogP contribution in [-0.2, 0) is 0 Å². The van der Waals surface area contributed by atoms with E-state index in [2.05, 4.69) is 0 Å². The van der Waals surface area contributed by atoms with Gasteiger partial charge in [0.15, 0.2) is 0 Å². The zero-order valence-electron chi connectivity index (χ0n) is 8.47. The fourth-order valence-electron chi connectivity index (χ4n) is 0.896. The zero-order chi connectivity index (χ0) is 10.6. The average Bonchev–Trinajstić information content (AvgIpc) is 2.14. The first-order valence-electron chi connectivity index (χ1n) is 4.58. The highest BCUT2D eigenvalue weighted by Crippen LogP contribution is 2.12. The molecule has 0 spiro atoms. The Hall–Kier alpha value is -1.06. The molecule has 1 atom stereocenters. The summed E-state index contributed by atoms with van der Waals surface area (Å²) < 4.78 is 5.28. The van der Waals surface area contributed by atoms with E-state index in [0.29, 0.717) is 5.75 Å². The third kappa shape index (κ3) is 3.36. The van der Waals surface area contributed by atoms with Crippen LogP contribution in [0.3, 0.4) is 0 Å². The topological polar surface area (TPSA) is 49.7 Å². The number of hydrogen-bond acceptors (Lipinski definition) is 3. The minimum Gasteiger partial charge on any atom is -0.491 e. The number of benzene rings is 1. The van der Waals surface area contributed by atoms with Crippen molar-refractivity contribution >= 4 is 0 Å². The molecule has 0 aliphatic rings. The van der Waals surface area contributed by atoms with Gasteiger partial charge in [0.1, 0.15) is 18.5 Å². The second-order valence-electron chi connectivity index (χ2n) is 3.79. The molecule has 3 nitrogen and oxygen atoms in total. The van der Waals surface area contributed by atoms with Crippen LogP contribution in [0, 0.1) is 0 Å². The van der Waals surface area contributed by atoms with Crippen molar-refractivity contribution in [2.75, 3.05) is 6.61 Å². The first-order valence-corrected chi connectivity index (χ1v) is 4.58. The molecule has 14 heavy (non-hydrogen) atoms. The van der Waals surface area contributed by atoms with Gasteiger partial charge < -0.3 is 14.9 Å². The molecule has 1 aromatic carbocycles. The predicted octanol–water partition coefficient (Wildman–Crippen LogP) is 1.20. The normalized spacial score (nSPS) is 13.7. The molecule has 0 aromatic heterocycles. The Kier molecular flexibility index (Phi) is 3.49. The molecule has 0 unspecified atom stereocenters.